The van der Waals surface area contributed by atoms with Crippen LogP contribution in [0.5, 0.6) is 0 Å². The molecule has 4 heteroatoms. The van der Waals surface area contributed by atoms with Crippen molar-refractivity contribution in [2.75, 3.05) is 5.32 Å². The summed E-state index contributed by atoms with van der Waals surface area (Å²) >= 11 is 0. The number of ketones is 1. The number of carbonyl (C=O) groups excluding carboxylic acids is 1. The number of carbonyl (C=O) groups is 1. The third-order valence-corrected chi connectivity index (χ3v) is 3.35. The van der Waals surface area contributed by atoms with Crippen molar-refractivity contribution in [2.24, 2.45) is 7.05 Å². The highest BCUT2D eigenvalue weighted by Crippen LogP contribution is 2.13. The smallest absolute Gasteiger partial charge is 0.162 e. The molecule has 0 atom stereocenters. The Labute approximate surface area is 113 Å². The van der Waals surface area contributed by atoms with Crippen LogP contribution in [-0.2, 0) is 13.6 Å². The Morgan fingerprint density at radius 2 is 2.00 bits per heavy atom. The van der Waals surface area contributed by atoms with Crippen molar-refractivity contribution in [2.45, 2.75) is 26.8 Å². The van der Waals surface area contributed by atoms with Crippen LogP contribution in [0, 0.1) is 6.92 Å². The zero-order valence-electron chi connectivity index (χ0n) is 11.6. The highest BCUT2D eigenvalue weighted by atomic mass is 16.1. The molecule has 0 bridgehead atoms. The fraction of sp³-hybridized carbons (Fsp3) is 0.333. The Balaban J connectivity index is 2.00. The van der Waals surface area contributed by atoms with Crippen LogP contribution in [0.3, 0.4) is 0 Å². The van der Waals surface area contributed by atoms with Gasteiger partial charge < -0.3 is 5.32 Å². The first-order chi connectivity index (χ1) is 9.11. The number of aromatic nitrogens is 2. The van der Waals surface area contributed by atoms with E-state index >= 15 is 0 Å². The minimum atomic E-state index is 0.176. The number of hydrogen-bond donors (Lipinski definition) is 1. The molecule has 0 amide bonds. The summed E-state index contributed by atoms with van der Waals surface area (Å²) in [5.74, 6) is 0.176. The zero-order chi connectivity index (χ0) is 13.8. The van der Waals surface area contributed by atoms with Crippen molar-refractivity contribution < 1.29 is 4.79 Å². The van der Waals surface area contributed by atoms with Crippen molar-refractivity contribution in [1.82, 2.24) is 9.78 Å². The van der Waals surface area contributed by atoms with Crippen molar-refractivity contribution in [1.29, 1.82) is 0 Å². The van der Waals surface area contributed by atoms with E-state index in [2.05, 4.69) is 10.4 Å². The summed E-state index contributed by atoms with van der Waals surface area (Å²) in [5.41, 5.74) is 4.11. The molecule has 2 rings (SSSR count). The number of nitrogens with zero attached hydrogens (tertiary/aromatic N) is 2. The van der Waals surface area contributed by atoms with E-state index in [1.54, 1.807) is 0 Å². The van der Waals surface area contributed by atoms with Crippen LogP contribution in [0.25, 0.3) is 0 Å². The SMILES string of the molecule is CCC(=O)c1ccc(NCc2cnn(C)c2C)cc1. The van der Waals surface area contributed by atoms with E-state index in [1.165, 1.54) is 5.56 Å². The normalized spacial score (nSPS) is 10.5. The minimum Gasteiger partial charge on any atom is -0.381 e. The fourth-order valence-electron chi connectivity index (χ4n) is 1.89. The lowest BCUT2D eigenvalue weighted by atomic mass is 10.1. The molecule has 0 fully saturated rings. The molecule has 2 aromatic rings. The lowest BCUT2D eigenvalue weighted by Gasteiger charge is -2.07. The van der Waals surface area contributed by atoms with Gasteiger partial charge in [-0.15, -0.1) is 0 Å². The molecule has 0 aliphatic heterocycles. The van der Waals surface area contributed by atoms with Gasteiger partial charge in [0.25, 0.3) is 0 Å². The zero-order valence-corrected chi connectivity index (χ0v) is 11.6. The average molecular weight is 257 g/mol. The van der Waals surface area contributed by atoms with Crippen molar-refractivity contribution in [3.05, 3.63) is 47.3 Å². The molecule has 19 heavy (non-hydrogen) atoms. The summed E-state index contributed by atoms with van der Waals surface area (Å²) in [6.07, 6.45) is 2.42. The summed E-state index contributed by atoms with van der Waals surface area (Å²) in [4.78, 5) is 11.5. The lowest BCUT2D eigenvalue weighted by molar-refractivity contribution is 0.0988. The molecular weight excluding hydrogens is 238 g/mol. The highest BCUT2D eigenvalue weighted by molar-refractivity contribution is 5.96. The number of anilines is 1. The molecule has 1 aromatic carbocycles. The second-order valence-electron chi connectivity index (χ2n) is 4.59. The van der Waals surface area contributed by atoms with Crippen LogP contribution in [0.4, 0.5) is 5.69 Å². The van der Waals surface area contributed by atoms with E-state index in [1.807, 2.05) is 56.0 Å². The first-order valence-electron chi connectivity index (χ1n) is 6.46. The number of nitrogens with one attached hydrogen (secondary N) is 1. The number of Topliss-reactive ketones (excluding diaryl/α,β-unsaturated/α-hetero) is 1. The van der Waals surface area contributed by atoms with E-state index in [9.17, 15) is 4.79 Å². The van der Waals surface area contributed by atoms with Gasteiger partial charge in [-0.25, -0.2) is 0 Å². The van der Waals surface area contributed by atoms with E-state index in [0.717, 1.165) is 23.5 Å². The number of hydrogen-bond acceptors (Lipinski definition) is 3. The van der Waals surface area contributed by atoms with E-state index in [-0.39, 0.29) is 5.78 Å². The molecule has 0 unspecified atom stereocenters. The molecule has 0 aliphatic rings. The van der Waals surface area contributed by atoms with Gasteiger partial charge in [-0.3, -0.25) is 9.48 Å². The topological polar surface area (TPSA) is 46.9 Å². The van der Waals surface area contributed by atoms with Crippen LogP contribution >= 0.6 is 0 Å². The maximum absolute atomic E-state index is 11.5. The number of rotatable bonds is 5. The first kappa shape index (κ1) is 13.3. The molecule has 0 saturated heterocycles. The third kappa shape index (κ3) is 3.02. The molecule has 100 valence electrons. The largest absolute Gasteiger partial charge is 0.381 e. The maximum Gasteiger partial charge on any atom is 0.162 e. The maximum atomic E-state index is 11.5. The standard InChI is InChI=1S/C15H19N3O/c1-4-15(19)12-5-7-14(8-6-12)16-9-13-10-17-18(3)11(13)2/h5-8,10,16H,4,9H2,1-3H3. The van der Waals surface area contributed by atoms with Gasteiger partial charge >= 0.3 is 0 Å². The quantitative estimate of drug-likeness (QED) is 0.838. The molecule has 4 nitrogen and oxygen atoms in total. The molecule has 0 saturated carbocycles. The van der Waals surface area contributed by atoms with Crippen LogP contribution in [-0.4, -0.2) is 15.6 Å². The van der Waals surface area contributed by atoms with Gasteiger partial charge in [0.1, 0.15) is 0 Å². The van der Waals surface area contributed by atoms with E-state index < -0.39 is 0 Å². The van der Waals surface area contributed by atoms with Crippen LogP contribution < -0.4 is 5.32 Å². The Kier molecular flexibility index (Phi) is 4.00. The Morgan fingerprint density at radius 3 is 2.53 bits per heavy atom. The van der Waals surface area contributed by atoms with Gasteiger partial charge in [0.15, 0.2) is 5.78 Å². The number of aryl methyl sites for hydroxylation is 1. The van der Waals surface area contributed by atoms with Crippen LogP contribution in [0.2, 0.25) is 0 Å². The Bertz CT molecular complexity index is 570. The van der Waals surface area contributed by atoms with Gasteiger partial charge in [0.2, 0.25) is 0 Å². The van der Waals surface area contributed by atoms with Gasteiger partial charge in [-0.1, -0.05) is 6.92 Å². The summed E-state index contributed by atoms with van der Waals surface area (Å²) in [7, 11) is 1.93. The molecule has 1 aromatic heterocycles. The first-order valence-corrected chi connectivity index (χ1v) is 6.46. The van der Waals surface area contributed by atoms with Crippen molar-refractivity contribution >= 4 is 11.5 Å². The molecule has 1 heterocycles. The van der Waals surface area contributed by atoms with Gasteiger partial charge in [-0.05, 0) is 31.2 Å². The second kappa shape index (κ2) is 5.69. The highest BCUT2D eigenvalue weighted by Gasteiger charge is 2.04. The van der Waals surface area contributed by atoms with Crippen molar-refractivity contribution in [3.63, 3.8) is 0 Å². The summed E-state index contributed by atoms with van der Waals surface area (Å²) in [6.45, 7) is 4.66. The Hall–Kier alpha value is -2.10. The summed E-state index contributed by atoms with van der Waals surface area (Å²) < 4.78 is 1.86. The second-order valence-corrected chi connectivity index (χ2v) is 4.59. The molecule has 0 aliphatic carbocycles. The number of benzene rings is 1. The van der Waals surface area contributed by atoms with Crippen LogP contribution in [0.15, 0.2) is 30.5 Å². The average Bonchev–Trinajstić information content (AvgIpc) is 2.76. The van der Waals surface area contributed by atoms with E-state index in [4.69, 9.17) is 0 Å². The molecular formula is C15H19N3O. The molecule has 0 radical (unpaired) electrons. The van der Waals surface area contributed by atoms with Gasteiger partial charge in [-0.2, -0.15) is 5.10 Å². The molecule has 1 N–H and O–H groups in total. The molecule has 0 spiro atoms. The Morgan fingerprint density at radius 1 is 1.32 bits per heavy atom. The van der Waals surface area contributed by atoms with Gasteiger partial charge in [0.05, 0.1) is 6.20 Å². The summed E-state index contributed by atoms with van der Waals surface area (Å²) in [5, 5.41) is 7.54. The summed E-state index contributed by atoms with van der Waals surface area (Å²) in [6, 6.07) is 7.61. The van der Waals surface area contributed by atoms with Crippen LogP contribution in [0.1, 0.15) is 35.0 Å². The van der Waals surface area contributed by atoms with E-state index in [0.29, 0.717) is 6.42 Å². The van der Waals surface area contributed by atoms with Crippen molar-refractivity contribution in [3.8, 4) is 0 Å². The third-order valence-electron chi connectivity index (χ3n) is 3.35. The monoisotopic (exact) mass is 257 g/mol. The minimum absolute atomic E-state index is 0.176. The predicted octanol–water partition coefficient (Wildman–Crippen LogP) is 2.93. The van der Waals surface area contributed by atoms with Gasteiger partial charge in [0, 0.05) is 42.5 Å². The predicted molar refractivity (Wildman–Crippen MR) is 76.3 cm³/mol. The lowest BCUT2D eigenvalue weighted by Crippen LogP contribution is -2.02. The fourth-order valence-corrected chi connectivity index (χ4v) is 1.89.